The van der Waals surface area contributed by atoms with Gasteiger partial charge in [-0.25, -0.2) is 22.0 Å². The van der Waals surface area contributed by atoms with Gasteiger partial charge in [0, 0.05) is 43.3 Å². The predicted octanol–water partition coefficient (Wildman–Crippen LogP) is 6.86. The Balaban J connectivity index is 1.34. The number of morpholine rings is 1. The molecule has 4 aliphatic rings. The van der Waals surface area contributed by atoms with E-state index >= 15 is 4.39 Å². The van der Waals surface area contributed by atoms with E-state index in [0.29, 0.717) is 19.4 Å². The molecule has 258 valence electrons. The van der Waals surface area contributed by atoms with Crippen LogP contribution in [0.3, 0.4) is 0 Å². The minimum atomic E-state index is -2.61. The third-order valence-corrected chi connectivity index (χ3v) is 11.5. The van der Waals surface area contributed by atoms with Crippen molar-refractivity contribution < 1.29 is 36.2 Å². The molecule has 4 aromatic rings. The van der Waals surface area contributed by atoms with Gasteiger partial charge in [-0.2, -0.15) is 15.2 Å². The van der Waals surface area contributed by atoms with Crippen LogP contribution in [0.4, 0.5) is 32.8 Å². The van der Waals surface area contributed by atoms with Gasteiger partial charge in [-0.05, 0) is 31.0 Å². The number of nitrogen functional groups attached to an aromatic ring is 1. The zero-order valence-electron chi connectivity index (χ0n) is 26.0. The first kappa shape index (κ1) is 32.5. The molecule has 0 aliphatic carbocycles. The smallest absolute Gasteiger partial charge is 0.319 e. The molecule has 2 aromatic heterocycles. The Labute approximate surface area is 286 Å². The first-order valence-corrected chi connectivity index (χ1v) is 17.2. The molecule has 0 spiro atoms. The lowest BCUT2D eigenvalue weighted by Gasteiger charge is -2.42. The Hall–Kier alpha value is -3.71. The lowest BCUT2D eigenvalue weighted by molar-refractivity contribution is -0.0217. The second-order valence-electron chi connectivity index (χ2n) is 13.0. The summed E-state index contributed by atoms with van der Waals surface area (Å²) in [4.78, 5) is 13.1. The van der Waals surface area contributed by atoms with Crippen molar-refractivity contribution >= 4 is 54.7 Å². The van der Waals surface area contributed by atoms with E-state index in [1.807, 2.05) is 6.07 Å². The number of nitriles is 1. The second kappa shape index (κ2) is 12.3. The molecule has 0 saturated carbocycles. The van der Waals surface area contributed by atoms with E-state index in [1.165, 1.54) is 6.07 Å². The van der Waals surface area contributed by atoms with E-state index in [4.69, 9.17) is 36.5 Å². The largest absolute Gasteiger partial charge is 0.491 e. The van der Waals surface area contributed by atoms with Crippen LogP contribution in [0.25, 0.3) is 32.1 Å². The minimum Gasteiger partial charge on any atom is -0.491 e. The molecule has 0 bridgehead atoms. The molecule has 2 unspecified atom stereocenters. The Morgan fingerprint density at radius 2 is 2.06 bits per heavy atom. The zero-order valence-corrected chi connectivity index (χ0v) is 27.5. The summed E-state index contributed by atoms with van der Waals surface area (Å²) in [6.45, 7) is 1.33. The van der Waals surface area contributed by atoms with E-state index in [2.05, 4.69) is 9.88 Å². The quantitative estimate of drug-likeness (QED) is 0.214. The van der Waals surface area contributed by atoms with Crippen molar-refractivity contribution in [3.63, 3.8) is 0 Å². The lowest BCUT2D eigenvalue weighted by Crippen LogP contribution is -2.51. The molecular formula is C33H30ClF5N6O3S. The van der Waals surface area contributed by atoms with Gasteiger partial charge in [0.15, 0.2) is 11.6 Å². The van der Waals surface area contributed by atoms with Gasteiger partial charge in [0.1, 0.15) is 41.0 Å². The van der Waals surface area contributed by atoms with Crippen LogP contribution in [-0.4, -0.2) is 84.6 Å². The molecule has 3 saturated heterocycles. The summed E-state index contributed by atoms with van der Waals surface area (Å²) in [5, 5.41) is 10.0. The maximum Gasteiger partial charge on any atom is 0.319 e. The minimum absolute atomic E-state index is 0.0228. The van der Waals surface area contributed by atoms with Gasteiger partial charge in [-0.15, -0.1) is 11.3 Å². The number of nitrogens with two attached hydrogens (primary N) is 1. The molecule has 3 fully saturated rings. The van der Waals surface area contributed by atoms with Crippen LogP contribution in [-0.2, 0) is 4.74 Å². The number of rotatable bonds is 6. The normalized spacial score (nSPS) is 25.3. The molecular weight excluding hydrogens is 691 g/mol. The van der Waals surface area contributed by atoms with Crippen molar-refractivity contribution in [3.8, 4) is 29.0 Å². The monoisotopic (exact) mass is 720 g/mol. The Morgan fingerprint density at radius 1 is 1.22 bits per heavy atom. The zero-order chi connectivity index (χ0) is 34.2. The fraction of sp³-hybridized carbons (Fsp3) is 0.485. The van der Waals surface area contributed by atoms with E-state index in [-0.39, 0.29) is 104 Å². The topological polar surface area (TPSA) is 110 Å². The van der Waals surface area contributed by atoms with Gasteiger partial charge in [0.05, 0.1) is 51.6 Å². The van der Waals surface area contributed by atoms with Gasteiger partial charge in [0.25, 0.3) is 0 Å². The number of nitrogens with zero attached hydrogens (tertiary/aromatic N) is 5. The first-order valence-electron chi connectivity index (χ1n) is 16.0. The number of aromatic nitrogens is 2. The summed E-state index contributed by atoms with van der Waals surface area (Å²) in [6, 6.07) is 3.91. The van der Waals surface area contributed by atoms with E-state index in [9.17, 15) is 22.8 Å². The second-order valence-corrected chi connectivity index (χ2v) is 14.5. The molecule has 2 N–H and O–H groups in total. The highest BCUT2D eigenvalue weighted by atomic mass is 35.5. The van der Waals surface area contributed by atoms with E-state index in [0.717, 1.165) is 30.4 Å². The highest BCUT2D eigenvalue weighted by Gasteiger charge is 2.49. The number of thiophene rings is 1. The van der Waals surface area contributed by atoms with Crippen LogP contribution >= 0.6 is 22.9 Å². The van der Waals surface area contributed by atoms with Crippen LogP contribution < -0.4 is 20.1 Å². The molecule has 0 amide bonds. The summed E-state index contributed by atoms with van der Waals surface area (Å²) < 4.78 is 92.0. The van der Waals surface area contributed by atoms with E-state index < -0.39 is 42.3 Å². The third kappa shape index (κ3) is 5.30. The number of alkyl halides is 3. The summed E-state index contributed by atoms with van der Waals surface area (Å²) in [6.07, 6.45) is -2.69. The SMILES string of the molecule is N#Cc1c(N)sc2c(F)ccc(-c3c(Cl)c4c5c(nc(OC[C@@]67CCCN6C[C@H](F)C7)nc5c3F)N3CC(CC(F)F)OCC3CCO4)c12. The van der Waals surface area contributed by atoms with E-state index in [1.54, 1.807) is 4.90 Å². The molecule has 2 aromatic carbocycles. The Kier molecular flexibility index (Phi) is 8.13. The van der Waals surface area contributed by atoms with Crippen molar-refractivity contribution in [2.24, 2.45) is 0 Å². The molecule has 9 nitrogen and oxygen atoms in total. The van der Waals surface area contributed by atoms with Crippen molar-refractivity contribution in [2.75, 3.05) is 50.1 Å². The van der Waals surface area contributed by atoms with Gasteiger partial charge in [-0.3, -0.25) is 4.90 Å². The fourth-order valence-electron chi connectivity index (χ4n) is 7.93. The van der Waals surface area contributed by atoms with Crippen LogP contribution in [0.1, 0.15) is 37.7 Å². The number of fused-ring (bicyclic) bond motifs is 4. The highest BCUT2D eigenvalue weighted by Crippen LogP contribution is 2.51. The number of anilines is 2. The highest BCUT2D eigenvalue weighted by molar-refractivity contribution is 7.23. The van der Waals surface area contributed by atoms with Crippen LogP contribution in [0.5, 0.6) is 11.8 Å². The first-order chi connectivity index (χ1) is 23.6. The van der Waals surface area contributed by atoms with Crippen LogP contribution in [0.15, 0.2) is 12.1 Å². The van der Waals surface area contributed by atoms with Gasteiger partial charge >= 0.3 is 6.01 Å². The van der Waals surface area contributed by atoms with Crippen LogP contribution in [0, 0.1) is 23.0 Å². The number of ether oxygens (including phenoxy) is 3. The average Bonchev–Trinajstić information content (AvgIpc) is 3.71. The number of benzene rings is 2. The van der Waals surface area contributed by atoms with Crippen molar-refractivity contribution in [3.05, 3.63) is 34.4 Å². The molecule has 4 aliphatic heterocycles. The molecule has 49 heavy (non-hydrogen) atoms. The maximum atomic E-state index is 17.2. The van der Waals surface area contributed by atoms with Gasteiger partial charge in [0.2, 0.25) is 6.43 Å². The summed E-state index contributed by atoms with van der Waals surface area (Å²) in [5.41, 5.74) is 5.18. The lowest BCUT2D eigenvalue weighted by atomic mass is 9.95. The summed E-state index contributed by atoms with van der Waals surface area (Å²) in [5.74, 6) is -1.34. The van der Waals surface area contributed by atoms with Gasteiger partial charge < -0.3 is 24.8 Å². The third-order valence-electron chi connectivity index (χ3n) is 10.1. The van der Waals surface area contributed by atoms with Crippen molar-refractivity contribution in [2.45, 2.75) is 62.4 Å². The maximum absolute atomic E-state index is 17.2. The molecule has 4 atom stereocenters. The average molecular weight is 721 g/mol. The molecule has 0 radical (unpaired) electrons. The summed E-state index contributed by atoms with van der Waals surface area (Å²) in [7, 11) is 0. The Morgan fingerprint density at radius 3 is 2.86 bits per heavy atom. The molecule has 8 rings (SSSR count). The number of halogens is 6. The Bertz CT molecular complexity index is 2030. The van der Waals surface area contributed by atoms with Crippen molar-refractivity contribution in [1.29, 1.82) is 5.26 Å². The van der Waals surface area contributed by atoms with Crippen LogP contribution in [0.2, 0.25) is 5.02 Å². The predicted molar refractivity (Wildman–Crippen MR) is 175 cm³/mol. The van der Waals surface area contributed by atoms with Crippen molar-refractivity contribution in [1.82, 2.24) is 14.9 Å². The fourth-order valence-corrected chi connectivity index (χ4v) is 9.21. The number of hydrogen-bond acceptors (Lipinski definition) is 10. The summed E-state index contributed by atoms with van der Waals surface area (Å²) >= 11 is 7.86. The molecule has 16 heteroatoms. The molecule has 6 heterocycles. The number of hydrogen-bond donors (Lipinski definition) is 1. The van der Waals surface area contributed by atoms with Gasteiger partial charge in [-0.1, -0.05) is 17.7 Å². The standard InChI is InChI=1S/C33H30ClF5N6O3S/c34-25-23(18-2-3-20(36)29-22(18)19(10-40)30(41)49-29)26(39)27-24-28(25)46-7-4-16-13-47-17(8-21(37)38)12-45(16)31(24)43-32(42-27)48-14-33-5-1-6-44(33)11-15(35)9-33/h2-3,15-17,21H,1,4-9,11-14,41H2/t15-,16?,17?,33+/m1/s1.